The van der Waals surface area contributed by atoms with Gasteiger partial charge in [0.1, 0.15) is 0 Å². The molecule has 0 spiro atoms. The zero-order chi connectivity index (χ0) is 13.1. The van der Waals surface area contributed by atoms with E-state index in [4.69, 9.17) is 5.73 Å². The number of carbonyl (C=O) groups excluding carboxylic acids is 1. The van der Waals surface area contributed by atoms with Crippen molar-refractivity contribution < 1.29 is 4.79 Å². The van der Waals surface area contributed by atoms with Crippen molar-refractivity contribution in [2.24, 2.45) is 5.73 Å². The van der Waals surface area contributed by atoms with Gasteiger partial charge in [-0.25, -0.2) is 0 Å². The summed E-state index contributed by atoms with van der Waals surface area (Å²) in [5.41, 5.74) is 8.04. The monoisotopic (exact) mass is 246 g/mol. The number of primary amides is 1. The van der Waals surface area contributed by atoms with E-state index < -0.39 is 0 Å². The molecule has 18 heavy (non-hydrogen) atoms. The molecule has 1 heterocycles. The van der Waals surface area contributed by atoms with Crippen LogP contribution in [0.5, 0.6) is 0 Å². The van der Waals surface area contributed by atoms with Gasteiger partial charge in [0.15, 0.2) is 0 Å². The fraction of sp³-hybridized carbons (Fsp3) is 0.533. The van der Waals surface area contributed by atoms with Crippen LogP contribution >= 0.6 is 0 Å². The van der Waals surface area contributed by atoms with E-state index in [1.54, 1.807) is 0 Å². The molecule has 0 saturated carbocycles. The summed E-state index contributed by atoms with van der Waals surface area (Å²) in [6.45, 7) is 6.18. The van der Waals surface area contributed by atoms with Crippen LogP contribution in [0.2, 0.25) is 0 Å². The van der Waals surface area contributed by atoms with Crippen LogP contribution in [0, 0.1) is 0 Å². The van der Waals surface area contributed by atoms with Gasteiger partial charge >= 0.3 is 0 Å². The van der Waals surface area contributed by atoms with Crippen molar-refractivity contribution in [1.82, 2.24) is 4.90 Å². The number of carbonyl (C=O) groups is 1. The van der Waals surface area contributed by atoms with E-state index in [1.807, 2.05) is 0 Å². The highest BCUT2D eigenvalue weighted by atomic mass is 16.1. The van der Waals surface area contributed by atoms with Crippen molar-refractivity contribution in [3.63, 3.8) is 0 Å². The number of benzene rings is 1. The van der Waals surface area contributed by atoms with Gasteiger partial charge < -0.3 is 5.73 Å². The van der Waals surface area contributed by atoms with Crippen molar-refractivity contribution in [1.29, 1.82) is 0 Å². The minimum Gasteiger partial charge on any atom is -0.368 e. The molecule has 1 atom stereocenters. The number of amides is 1. The Morgan fingerprint density at radius 3 is 2.61 bits per heavy atom. The lowest BCUT2D eigenvalue weighted by Crippen LogP contribution is -2.39. The van der Waals surface area contributed by atoms with E-state index >= 15 is 0 Å². The van der Waals surface area contributed by atoms with Gasteiger partial charge in [-0.2, -0.15) is 0 Å². The van der Waals surface area contributed by atoms with Gasteiger partial charge in [0.25, 0.3) is 0 Å². The van der Waals surface area contributed by atoms with Crippen molar-refractivity contribution in [3.05, 3.63) is 35.4 Å². The van der Waals surface area contributed by atoms with Crippen molar-refractivity contribution in [3.8, 4) is 0 Å². The number of rotatable bonds is 4. The third-order valence-corrected chi connectivity index (χ3v) is 3.72. The summed E-state index contributed by atoms with van der Waals surface area (Å²) in [5, 5.41) is 0. The summed E-state index contributed by atoms with van der Waals surface area (Å²) in [6.07, 6.45) is 1.97. The quantitative estimate of drug-likeness (QED) is 0.885. The number of nitrogens with two attached hydrogens (primary N) is 1. The zero-order valence-electron chi connectivity index (χ0n) is 11.2. The highest BCUT2D eigenvalue weighted by molar-refractivity contribution is 5.80. The van der Waals surface area contributed by atoms with Crippen LogP contribution in [0.15, 0.2) is 24.3 Å². The van der Waals surface area contributed by atoms with Crippen molar-refractivity contribution >= 4 is 5.91 Å². The lowest BCUT2D eigenvalue weighted by Gasteiger charge is -2.22. The van der Waals surface area contributed by atoms with Gasteiger partial charge in [0.2, 0.25) is 5.91 Å². The molecular formula is C15H22N2O. The lowest BCUT2D eigenvalue weighted by atomic mass is 10.0. The summed E-state index contributed by atoms with van der Waals surface area (Å²) in [6, 6.07) is 8.59. The fourth-order valence-electron chi connectivity index (χ4n) is 2.58. The molecule has 3 heteroatoms. The van der Waals surface area contributed by atoms with E-state index in [0.717, 1.165) is 25.9 Å². The Hall–Kier alpha value is -1.35. The second-order valence-electron chi connectivity index (χ2n) is 5.43. The first-order valence-electron chi connectivity index (χ1n) is 6.70. The Labute approximate surface area is 109 Å². The van der Waals surface area contributed by atoms with Crippen LogP contribution in [-0.4, -0.2) is 23.4 Å². The van der Waals surface area contributed by atoms with Gasteiger partial charge in [-0.1, -0.05) is 38.1 Å². The molecule has 2 N–H and O–H groups in total. The first-order valence-corrected chi connectivity index (χ1v) is 6.70. The summed E-state index contributed by atoms with van der Waals surface area (Å²) >= 11 is 0. The average Bonchev–Trinajstić information content (AvgIpc) is 2.78. The number of nitrogens with zero attached hydrogens (tertiary/aromatic N) is 1. The fourth-order valence-corrected chi connectivity index (χ4v) is 2.58. The second kappa shape index (κ2) is 5.53. The lowest BCUT2D eigenvalue weighted by molar-refractivity contribution is -0.122. The van der Waals surface area contributed by atoms with E-state index in [0.29, 0.717) is 5.92 Å². The molecule has 0 radical (unpaired) electrons. The van der Waals surface area contributed by atoms with Crippen molar-refractivity contribution in [2.75, 3.05) is 6.54 Å². The summed E-state index contributed by atoms with van der Waals surface area (Å²) in [4.78, 5) is 13.5. The molecular weight excluding hydrogens is 224 g/mol. The predicted octanol–water partition coefficient (Wildman–Crippen LogP) is 2.26. The highest BCUT2D eigenvalue weighted by Crippen LogP contribution is 2.21. The first kappa shape index (κ1) is 13.1. The SMILES string of the molecule is CC(C)c1ccc(CN2CCCC2C(N)=O)cc1. The Kier molecular flexibility index (Phi) is 4.02. The Balaban J connectivity index is 2.03. The minimum absolute atomic E-state index is 0.0743. The average molecular weight is 246 g/mol. The third kappa shape index (κ3) is 2.91. The maximum Gasteiger partial charge on any atom is 0.234 e. The minimum atomic E-state index is -0.189. The van der Waals surface area contributed by atoms with Crippen LogP contribution in [0.1, 0.15) is 43.7 Å². The molecule has 1 aromatic carbocycles. The van der Waals surface area contributed by atoms with E-state index in [9.17, 15) is 4.79 Å². The first-order chi connectivity index (χ1) is 8.58. The third-order valence-electron chi connectivity index (χ3n) is 3.72. The predicted molar refractivity (Wildman–Crippen MR) is 73.2 cm³/mol. The largest absolute Gasteiger partial charge is 0.368 e. The maximum atomic E-state index is 11.3. The highest BCUT2D eigenvalue weighted by Gasteiger charge is 2.28. The van der Waals surface area contributed by atoms with E-state index in [2.05, 4.69) is 43.0 Å². The molecule has 98 valence electrons. The topological polar surface area (TPSA) is 46.3 Å². The van der Waals surface area contributed by atoms with Crippen LogP contribution in [0.4, 0.5) is 0 Å². The smallest absolute Gasteiger partial charge is 0.234 e. The van der Waals surface area contributed by atoms with Crippen LogP contribution in [0.3, 0.4) is 0 Å². The Bertz CT molecular complexity index is 411. The van der Waals surface area contributed by atoms with Crippen LogP contribution in [0.25, 0.3) is 0 Å². The van der Waals surface area contributed by atoms with Gasteiger partial charge in [-0.15, -0.1) is 0 Å². The molecule has 1 aliphatic rings. The molecule has 1 amide bonds. The molecule has 2 rings (SSSR count). The summed E-state index contributed by atoms with van der Waals surface area (Å²) in [5.74, 6) is 0.371. The summed E-state index contributed by atoms with van der Waals surface area (Å²) < 4.78 is 0. The van der Waals surface area contributed by atoms with Gasteiger partial charge in [0, 0.05) is 6.54 Å². The van der Waals surface area contributed by atoms with Gasteiger partial charge in [0.05, 0.1) is 6.04 Å². The maximum absolute atomic E-state index is 11.3. The molecule has 1 unspecified atom stereocenters. The van der Waals surface area contributed by atoms with Crippen LogP contribution in [-0.2, 0) is 11.3 Å². The molecule has 1 saturated heterocycles. The molecule has 1 aromatic rings. The standard InChI is InChI=1S/C15H22N2O/c1-11(2)13-7-5-12(6-8-13)10-17-9-3-4-14(17)15(16)18/h5-8,11,14H,3-4,9-10H2,1-2H3,(H2,16,18). The molecule has 1 aliphatic heterocycles. The number of likely N-dealkylation sites (tertiary alicyclic amines) is 1. The summed E-state index contributed by atoms with van der Waals surface area (Å²) in [7, 11) is 0. The van der Waals surface area contributed by atoms with Crippen LogP contribution < -0.4 is 5.73 Å². The molecule has 0 aliphatic carbocycles. The number of hydrogen-bond acceptors (Lipinski definition) is 2. The Morgan fingerprint density at radius 2 is 2.06 bits per heavy atom. The van der Waals surface area contributed by atoms with Gasteiger partial charge in [-0.3, -0.25) is 9.69 Å². The second-order valence-corrected chi connectivity index (χ2v) is 5.43. The van der Waals surface area contributed by atoms with Crippen molar-refractivity contribution in [2.45, 2.75) is 45.2 Å². The number of hydrogen-bond donors (Lipinski definition) is 1. The molecule has 3 nitrogen and oxygen atoms in total. The Morgan fingerprint density at radius 1 is 1.39 bits per heavy atom. The zero-order valence-corrected chi connectivity index (χ0v) is 11.2. The molecule has 0 aromatic heterocycles. The van der Waals surface area contributed by atoms with E-state index in [1.165, 1.54) is 11.1 Å². The van der Waals surface area contributed by atoms with E-state index in [-0.39, 0.29) is 11.9 Å². The van der Waals surface area contributed by atoms with Gasteiger partial charge in [-0.05, 0) is 36.4 Å². The normalized spacial score (nSPS) is 20.5. The molecule has 1 fully saturated rings. The molecule has 0 bridgehead atoms.